The number of rotatable bonds is 3. The molecule has 2 aromatic rings. The van der Waals surface area contributed by atoms with Crippen LogP contribution in [0.25, 0.3) is 0 Å². The standard InChI is InChI=1S/C13H13F2N5O/c14-8-1-2-12(10(15)5-8)20-4-3-9(7-20)17-13(21)11-6-16-19-18-11/h1-2,5-6,9H,3-4,7H2,(H,17,21)(H,16,18,19)/t9-/m0/s1. The lowest BCUT2D eigenvalue weighted by Gasteiger charge is -2.19. The average molecular weight is 293 g/mol. The number of amides is 1. The number of nitrogens with one attached hydrogen (secondary N) is 2. The number of benzene rings is 1. The van der Waals surface area contributed by atoms with Gasteiger partial charge in [-0.2, -0.15) is 15.4 Å². The number of carbonyl (C=O) groups is 1. The minimum atomic E-state index is -0.605. The van der Waals surface area contributed by atoms with Gasteiger partial charge in [-0.1, -0.05) is 0 Å². The van der Waals surface area contributed by atoms with Crippen LogP contribution in [0.2, 0.25) is 0 Å². The van der Waals surface area contributed by atoms with Crippen LogP contribution in [0.15, 0.2) is 24.4 Å². The van der Waals surface area contributed by atoms with E-state index < -0.39 is 11.6 Å². The Morgan fingerprint density at radius 1 is 1.43 bits per heavy atom. The number of H-pyrrole nitrogens is 1. The molecule has 3 rings (SSSR count). The fourth-order valence-corrected chi connectivity index (χ4v) is 2.40. The van der Waals surface area contributed by atoms with Gasteiger partial charge in [0, 0.05) is 25.2 Å². The second-order valence-corrected chi connectivity index (χ2v) is 4.86. The summed E-state index contributed by atoms with van der Waals surface area (Å²) in [4.78, 5) is 13.6. The Hall–Kier alpha value is -2.51. The minimum Gasteiger partial charge on any atom is -0.367 e. The van der Waals surface area contributed by atoms with E-state index in [4.69, 9.17) is 0 Å². The summed E-state index contributed by atoms with van der Waals surface area (Å²) in [7, 11) is 0. The first kappa shape index (κ1) is 13.5. The molecule has 1 saturated heterocycles. The molecule has 1 aromatic heterocycles. The molecule has 1 fully saturated rings. The third kappa shape index (κ3) is 2.83. The van der Waals surface area contributed by atoms with Gasteiger partial charge in [0.15, 0.2) is 5.69 Å². The normalized spacial score (nSPS) is 18.0. The van der Waals surface area contributed by atoms with Gasteiger partial charge in [-0.15, -0.1) is 0 Å². The van der Waals surface area contributed by atoms with Crippen molar-refractivity contribution in [3.8, 4) is 0 Å². The van der Waals surface area contributed by atoms with Crippen LogP contribution in [-0.4, -0.2) is 40.4 Å². The monoisotopic (exact) mass is 293 g/mol. The molecule has 0 radical (unpaired) electrons. The van der Waals surface area contributed by atoms with E-state index in [2.05, 4.69) is 20.7 Å². The van der Waals surface area contributed by atoms with Crippen molar-refractivity contribution in [2.75, 3.05) is 18.0 Å². The SMILES string of the molecule is O=C(N[C@H]1CCN(c2ccc(F)cc2F)C1)c1cn[nH]n1. The van der Waals surface area contributed by atoms with E-state index in [1.165, 1.54) is 18.3 Å². The number of nitrogens with zero attached hydrogens (tertiary/aromatic N) is 3. The summed E-state index contributed by atoms with van der Waals surface area (Å²) in [5.74, 6) is -1.53. The predicted octanol–water partition coefficient (Wildman–Crippen LogP) is 1.09. The Morgan fingerprint density at radius 2 is 2.29 bits per heavy atom. The summed E-state index contributed by atoms with van der Waals surface area (Å²) in [5.41, 5.74) is 0.552. The van der Waals surface area contributed by atoms with Crippen molar-refractivity contribution in [1.29, 1.82) is 0 Å². The molecule has 1 amide bonds. The van der Waals surface area contributed by atoms with Crippen LogP contribution >= 0.6 is 0 Å². The smallest absolute Gasteiger partial charge is 0.273 e. The first-order chi connectivity index (χ1) is 10.1. The molecule has 0 spiro atoms. The van der Waals surface area contributed by atoms with Crippen molar-refractivity contribution in [2.45, 2.75) is 12.5 Å². The van der Waals surface area contributed by atoms with Gasteiger partial charge < -0.3 is 10.2 Å². The van der Waals surface area contributed by atoms with Crippen molar-refractivity contribution in [1.82, 2.24) is 20.7 Å². The lowest BCUT2D eigenvalue weighted by Crippen LogP contribution is -2.37. The molecule has 2 heterocycles. The van der Waals surface area contributed by atoms with E-state index in [-0.39, 0.29) is 17.6 Å². The van der Waals surface area contributed by atoms with Gasteiger partial charge in [0.1, 0.15) is 11.6 Å². The quantitative estimate of drug-likeness (QED) is 0.888. The number of anilines is 1. The van der Waals surface area contributed by atoms with Gasteiger partial charge in [-0.25, -0.2) is 8.78 Å². The molecule has 0 bridgehead atoms. The fraction of sp³-hybridized carbons (Fsp3) is 0.308. The highest BCUT2D eigenvalue weighted by atomic mass is 19.1. The molecular weight excluding hydrogens is 280 g/mol. The number of aromatic amines is 1. The van der Waals surface area contributed by atoms with Crippen LogP contribution in [0.3, 0.4) is 0 Å². The van der Waals surface area contributed by atoms with Gasteiger partial charge >= 0.3 is 0 Å². The van der Waals surface area contributed by atoms with Crippen molar-refractivity contribution in [3.63, 3.8) is 0 Å². The highest BCUT2D eigenvalue weighted by Gasteiger charge is 2.26. The van der Waals surface area contributed by atoms with Crippen molar-refractivity contribution >= 4 is 11.6 Å². The molecule has 21 heavy (non-hydrogen) atoms. The van der Waals surface area contributed by atoms with E-state index in [0.717, 1.165) is 6.07 Å². The van der Waals surface area contributed by atoms with Gasteiger partial charge in [0.25, 0.3) is 5.91 Å². The molecule has 1 aliphatic rings. The summed E-state index contributed by atoms with van der Waals surface area (Å²) < 4.78 is 26.6. The van der Waals surface area contributed by atoms with E-state index in [1.54, 1.807) is 4.90 Å². The number of carbonyl (C=O) groups excluding carboxylic acids is 1. The third-order valence-electron chi connectivity index (χ3n) is 3.42. The molecule has 0 aliphatic carbocycles. The molecule has 0 saturated carbocycles. The summed E-state index contributed by atoms with van der Waals surface area (Å²) in [6.45, 7) is 1.05. The second-order valence-electron chi connectivity index (χ2n) is 4.86. The molecule has 1 aliphatic heterocycles. The summed E-state index contributed by atoms with van der Waals surface area (Å²) in [6, 6.07) is 3.38. The fourth-order valence-electron chi connectivity index (χ4n) is 2.40. The van der Waals surface area contributed by atoms with E-state index in [1.807, 2.05) is 0 Å². The number of hydrogen-bond donors (Lipinski definition) is 2. The maximum absolute atomic E-state index is 13.7. The number of hydrogen-bond acceptors (Lipinski definition) is 4. The highest BCUT2D eigenvalue weighted by Crippen LogP contribution is 2.24. The van der Waals surface area contributed by atoms with Crippen LogP contribution in [0.1, 0.15) is 16.9 Å². The summed E-state index contributed by atoms with van der Waals surface area (Å²) in [5, 5.41) is 12.4. The average Bonchev–Trinajstić information content (AvgIpc) is 3.09. The summed E-state index contributed by atoms with van der Waals surface area (Å²) in [6.07, 6.45) is 2.02. The molecular formula is C13H13F2N5O. The minimum absolute atomic E-state index is 0.112. The van der Waals surface area contributed by atoms with Crippen molar-refractivity contribution in [3.05, 3.63) is 41.7 Å². The van der Waals surface area contributed by atoms with Crippen molar-refractivity contribution in [2.24, 2.45) is 0 Å². The molecule has 1 aromatic carbocycles. The summed E-state index contributed by atoms with van der Waals surface area (Å²) >= 11 is 0. The van der Waals surface area contributed by atoms with Crippen LogP contribution < -0.4 is 10.2 Å². The molecule has 8 heteroatoms. The third-order valence-corrected chi connectivity index (χ3v) is 3.42. The first-order valence-corrected chi connectivity index (χ1v) is 6.50. The van der Waals surface area contributed by atoms with Gasteiger partial charge in [0.05, 0.1) is 11.9 Å². The largest absolute Gasteiger partial charge is 0.367 e. The van der Waals surface area contributed by atoms with Crippen LogP contribution in [-0.2, 0) is 0 Å². The van der Waals surface area contributed by atoms with E-state index in [0.29, 0.717) is 25.2 Å². The zero-order chi connectivity index (χ0) is 14.8. The topological polar surface area (TPSA) is 73.9 Å². The zero-order valence-electron chi connectivity index (χ0n) is 11.0. The van der Waals surface area contributed by atoms with Gasteiger partial charge in [-0.05, 0) is 18.6 Å². The molecule has 1 atom stereocenters. The van der Waals surface area contributed by atoms with Crippen LogP contribution in [0.5, 0.6) is 0 Å². The van der Waals surface area contributed by atoms with Crippen molar-refractivity contribution < 1.29 is 13.6 Å². The molecule has 6 nitrogen and oxygen atoms in total. The van der Waals surface area contributed by atoms with E-state index in [9.17, 15) is 13.6 Å². The highest BCUT2D eigenvalue weighted by molar-refractivity contribution is 5.92. The lowest BCUT2D eigenvalue weighted by atomic mass is 10.2. The second kappa shape index (κ2) is 5.47. The Bertz CT molecular complexity index is 646. The van der Waals surface area contributed by atoms with Crippen LogP contribution in [0, 0.1) is 11.6 Å². The molecule has 110 valence electrons. The Morgan fingerprint density at radius 3 is 3.00 bits per heavy atom. The Kier molecular flexibility index (Phi) is 3.51. The van der Waals surface area contributed by atoms with E-state index >= 15 is 0 Å². The van der Waals surface area contributed by atoms with Gasteiger partial charge in [-0.3, -0.25) is 4.79 Å². The zero-order valence-corrected chi connectivity index (χ0v) is 11.0. The maximum atomic E-state index is 13.7. The maximum Gasteiger partial charge on any atom is 0.273 e. The van der Waals surface area contributed by atoms with Crippen LogP contribution in [0.4, 0.5) is 14.5 Å². The predicted molar refractivity (Wildman–Crippen MR) is 70.8 cm³/mol. The first-order valence-electron chi connectivity index (χ1n) is 6.50. The number of halogens is 2. The lowest BCUT2D eigenvalue weighted by molar-refractivity contribution is 0.0935. The molecule has 2 N–H and O–H groups in total. The molecule has 0 unspecified atom stereocenters. The Balaban J connectivity index is 1.64. The van der Waals surface area contributed by atoms with Gasteiger partial charge in [0.2, 0.25) is 0 Å². The Labute approximate surface area is 119 Å². The number of aromatic nitrogens is 3.